The zero-order valence-corrected chi connectivity index (χ0v) is 17.1. The van der Waals surface area contributed by atoms with E-state index in [0.717, 1.165) is 18.3 Å². The molecule has 0 unspecified atom stereocenters. The van der Waals surface area contributed by atoms with Crippen molar-refractivity contribution in [2.45, 2.75) is 11.1 Å². The van der Waals surface area contributed by atoms with Gasteiger partial charge in [-0.1, -0.05) is 0 Å². The Bertz CT molecular complexity index is 1100. The monoisotopic (exact) mass is 463 g/mol. The summed E-state index contributed by atoms with van der Waals surface area (Å²) in [6, 6.07) is 3.88. The van der Waals surface area contributed by atoms with Crippen LogP contribution in [0.3, 0.4) is 0 Å². The lowest BCUT2D eigenvalue weighted by molar-refractivity contribution is -0.386. The maximum absolute atomic E-state index is 12.6. The summed E-state index contributed by atoms with van der Waals surface area (Å²) in [7, 11) is -0.656. The van der Waals surface area contributed by atoms with Crippen LogP contribution in [0, 0.1) is 10.1 Å². The van der Waals surface area contributed by atoms with Crippen molar-refractivity contribution in [3.05, 3.63) is 51.6 Å². The third-order valence-electron chi connectivity index (χ3n) is 3.88. The Morgan fingerprint density at radius 2 is 1.65 bits per heavy atom. The highest BCUT2D eigenvalue weighted by Gasteiger charge is 2.31. The smallest absolute Gasteiger partial charge is 0.416 e. The predicted octanol–water partition coefficient (Wildman–Crippen LogP) is 2.95. The Morgan fingerprint density at radius 3 is 2.10 bits per heavy atom. The first-order valence-corrected chi connectivity index (χ1v) is 9.64. The van der Waals surface area contributed by atoms with Crippen molar-refractivity contribution in [3.8, 4) is 17.2 Å². The number of rotatable bonds is 8. The molecule has 0 amide bonds. The number of hydrogen-bond donors (Lipinski definition) is 1. The molecule has 2 rings (SSSR count). The standard InChI is InChI=1S/C17H16F3N3O7S/c1-28-13-8-10(14(23(24)25)16(30-3)15(13)29-2)9-21-22-31(26,27)12-6-4-11(5-7-12)17(18,19)20/h4-9,22H,1-3H3. The van der Waals surface area contributed by atoms with Gasteiger partial charge in [0.1, 0.15) is 0 Å². The quantitative estimate of drug-likeness (QED) is 0.362. The molecular formula is C17H16F3N3O7S. The van der Waals surface area contributed by atoms with Gasteiger partial charge in [0.2, 0.25) is 11.5 Å². The highest BCUT2D eigenvalue weighted by Crippen LogP contribution is 2.45. The molecule has 0 heterocycles. The van der Waals surface area contributed by atoms with Crippen LogP contribution in [0.5, 0.6) is 17.2 Å². The first-order chi connectivity index (χ1) is 14.5. The van der Waals surface area contributed by atoms with Gasteiger partial charge in [0.25, 0.3) is 10.0 Å². The van der Waals surface area contributed by atoms with Crippen LogP contribution in [-0.2, 0) is 16.2 Å². The van der Waals surface area contributed by atoms with Gasteiger partial charge in [0.05, 0.1) is 48.5 Å². The second-order valence-electron chi connectivity index (χ2n) is 5.72. The first kappa shape index (κ1) is 23.7. The molecule has 10 nitrogen and oxygen atoms in total. The van der Waals surface area contributed by atoms with Gasteiger partial charge < -0.3 is 14.2 Å². The number of sulfonamides is 1. The van der Waals surface area contributed by atoms with Gasteiger partial charge in [0.15, 0.2) is 5.75 Å². The number of nitrogens with one attached hydrogen (secondary N) is 1. The number of ether oxygens (including phenoxy) is 3. The van der Waals surface area contributed by atoms with E-state index in [1.807, 2.05) is 0 Å². The molecule has 31 heavy (non-hydrogen) atoms. The summed E-state index contributed by atoms with van der Waals surface area (Å²) in [5.41, 5.74) is -1.78. The van der Waals surface area contributed by atoms with Crippen molar-refractivity contribution in [2.75, 3.05) is 21.3 Å². The Kier molecular flexibility index (Phi) is 6.95. The maximum atomic E-state index is 12.6. The van der Waals surface area contributed by atoms with E-state index >= 15 is 0 Å². The molecule has 0 aromatic heterocycles. The zero-order valence-electron chi connectivity index (χ0n) is 16.3. The van der Waals surface area contributed by atoms with Gasteiger partial charge in [-0.3, -0.25) is 10.1 Å². The fourth-order valence-corrected chi connectivity index (χ4v) is 3.28. The Hall–Kier alpha value is -3.55. The second-order valence-corrected chi connectivity index (χ2v) is 7.38. The van der Waals surface area contributed by atoms with Crippen molar-refractivity contribution in [3.63, 3.8) is 0 Å². The maximum Gasteiger partial charge on any atom is 0.416 e. The Morgan fingerprint density at radius 1 is 1.06 bits per heavy atom. The van der Waals surface area contributed by atoms with Crippen LogP contribution in [0.2, 0.25) is 0 Å². The zero-order chi connectivity index (χ0) is 23.4. The largest absolute Gasteiger partial charge is 0.493 e. The highest BCUT2D eigenvalue weighted by atomic mass is 32.2. The van der Waals surface area contributed by atoms with Crippen LogP contribution in [-0.4, -0.2) is 40.9 Å². The first-order valence-electron chi connectivity index (χ1n) is 8.15. The molecule has 2 aromatic rings. The number of benzene rings is 2. The number of hydrazone groups is 1. The fraction of sp³-hybridized carbons (Fsp3) is 0.235. The summed E-state index contributed by atoms with van der Waals surface area (Å²) in [5.74, 6) is -0.282. The van der Waals surface area contributed by atoms with E-state index in [0.29, 0.717) is 12.1 Å². The minimum atomic E-state index is -4.63. The molecular weight excluding hydrogens is 447 g/mol. The molecule has 1 N–H and O–H groups in total. The number of hydrogen-bond acceptors (Lipinski definition) is 8. The number of nitro benzene ring substituents is 1. The number of nitro groups is 1. The van der Waals surface area contributed by atoms with Crippen LogP contribution in [0.4, 0.5) is 18.9 Å². The molecule has 0 atom stereocenters. The number of halogens is 3. The van der Waals surface area contributed by atoms with Crippen molar-refractivity contribution in [1.82, 2.24) is 4.83 Å². The van der Waals surface area contributed by atoms with Gasteiger partial charge in [-0.05, 0) is 24.3 Å². The van der Waals surface area contributed by atoms with E-state index in [2.05, 4.69) is 5.10 Å². The molecule has 0 aliphatic heterocycles. The molecule has 168 valence electrons. The van der Waals surface area contributed by atoms with Crippen LogP contribution in [0.15, 0.2) is 40.3 Å². The lowest BCUT2D eigenvalue weighted by atomic mass is 10.1. The van der Waals surface area contributed by atoms with E-state index in [9.17, 15) is 31.7 Å². The minimum Gasteiger partial charge on any atom is -0.493 e. The summed E-state index contributed by atoms with van der Waals surface area (Å²) < 4.78 is 77.5. The normalized spacial score (nSPS) is 11.9. The van der Waals surface area contributed by atoms with E-state index in [4.69, 9.17) is 14.2 Å². The number of alkyl halides is 3. The lowest BCUT2D eigenvalue weighted by Crippen LogP contribution is -2.18. The van der Waals surface area contributed by atoms with Crippen molar-refractivity contribution < 1.29 is 40.7 Å². The average molecular weight is 463 g/mol. The molecule has 0 aliphatic carbocycles. The van der Waals surface area contributed by atoms with Crippen molar-refractivity contribution >= 4 is 21.9 Å². The second kappa shape index (κ2) is 9.07. The Balaban J connectivity index is 2.40. The molecule has 0 spiro atoms. The molecule has 0 radical (unpaired) electrons. The van der Waals surface area contributed by atoms with Gasteiger partial charge >= 0.3 is 11.9 Å². The van der Waals surface area contributed by atoms with Gasteiger partial charge in [0, 0.05) is 6.07 Å². The van der Waals surface area contributed by atoms with Crippen LogP contribution < -0.4 is 19.0 Å². The molecule has 2 aromatic carbocycles. The van der Waals surface area contributed by atoms with Crippen LogP contribution in [0.1, 0.15) is 11.1 Å². The lowest BCUT2D eigenvalue weighted by Gasteiger charge is -2.13. The number of nitrogens with zero attached hydrogens (tertiary/aromatic N) is 2. The summed E-state index contributed by atoms with van der Waals surface area (Å²) in [4.78, 5) is 12.0. The van der Waals surface area contributed by atoms with Crippen molar-refractivity contribution in [1.29, 1.82) is 0 Å². The van der Waals surface area contributed by atoms with Gasteiger partial charge in [-0.25, -0.2) is 4.83 Å². The van der Waals surface area contributed by atoms with Crippen molar-refractivity contribution in [2.24, 2.45) is 5.10 Å². The number of methoxy groups -OCH3 is 3. The predicted molar refractivity (Wildman–Crippen MR) is 102 cm³/mol. The highest BCUT2D eigenvalue weighted by molar-refractivity contribution is 7.89. The molecule has 0 bridgehead atoms. The summed E-state index contributed by atoms with van der Waals surface area (Å²) in [6.07, 6.45) is -3.80. The third kappa shape index (κ3) is 5.14. The molecule has 14 heteroatoms. The summed E-state index contributed by atoms with van der Waals surface area (Å²) >= 11 is 0. The van der Waals surface area contributed by atoms with E-state index in [1.165, 1.54) is 27.4 Å². The summed E-state index contributed by atoms with van der Waals surface area (Å²) in [6.45, 7) is 0. The molecule has 0 saturated carbocycles. The van der Waals surface area contributed by atoms with Crippen LogP contribution in [0.25, 0.3) is 0 Å². The van der Waals surface area contributed by atoms with E-state index < -0.39 is 37.3 Å². The summed E-state index contributed by atoms with van der Waals surface area (Å²) in [5, 5.41) is 15.0. The van der Waals surface area contributed by atoms with E-state index in [1.54, 1.807) is 4.83 Å². The molecule has 0 fully saturated rings. The third-order valence-corrected chi connectivity index (χ3v) is 5.12. The average Bonchev–Trinajstić information content (AvgIpc) is 2.71. The fourth-order valence-electron chi connectivity index (χ4n) is 2.49. The molecule has 0 aliphatic rings. The minimum absolute atomic E-state index is 0.0528. The SMILES string of the molecule is COc1cc(C=NNS(=O)(=O)c2ccc(C(F)(F)F)cc2)c([N+](=O)[O-])c(OC)c1OC. The van der Waals surface area contributed by atoms with Gasteiger partial charge in [-0.15, -0.1) is 0 Å². The molecule has 0 saturated heterocycles. The van der Waals surface area contributed by atoms with E-state index in [-0.39, 0.29) is 22.8 Å². The topological polar surface area (TPSA) is 129 Å². The van der Waals surface area contributed by atoms with Crippen LogP contribution >= 0.6 is 0 Å². The Labute approximate surface area is 174 Å². The van der Waals surface area contributed by atoms with Gasteiger partial charge in [-0.2, -0.15) is 26.7 Å².